The first kappa shape index (κ1) is 16.0. The Morgan fingerprint density at radius 3 is 2.85 bits per heavy atom. The highest BCUT2D eigenvalue weighted by molar-refractivity contribution is 5.92. The number of ether oxygens (including phenoxy) is 1. The number of nitrogens with one attached hydrogen (secondary N) is 1. The van der Waals surface area contributed by atoms with Crippen LogP contribution in [-0.2, 0) is 0 Å². The summed E-state index contributed by atoms with van der Waals surface area (Å²) in [7, 11) is 1.58. The highest BCUT2D eigenvalue weighted by Crippen LogP contribution is 2.16. The minimum Gasteiger partial charge on any atom is -0.462 e. The van der Waals surface area contributed by atoms with Crippen LogP contribution in [0.2, 0.25) is 0 Å². The molecular formula is C16H22N2O2. The standard InChI is InChI=1S/C16H22N2O2/c1-5-13(8-6-7-12(2)3)20-14-9-10-18-15(11-14)16(19)17-4/h5-7,9-12H,8H2,1-4H3,(H,17,19)/b7-6-,13-5+. The number of nitrogens with zero attached hydrogens (tertiary/aromatic N) is 1. The van der Waals surface area contributed by atoms with E-state index < -0.39 is 0 Å². The zero-order chi connectivity index (χ0) is 15.0. The third-order valence-corrected chi connectivity index (χ3v) is 2.60. The summed E-state index contributed by atoms with van der Waals surface area (Å²) in [6.07, 6.45) is 8.43. The molecule has 0 saturated carbocycles. The van der Waals surface area contributed by atoms with E-state index in [1.54, 1.807) is 25.4 Å². The first-order valence-electron chi connectivity index (χ1n) is 6.74. The lowest BCUT2D eigenvalue weighted by atomic mass is 10.2. The molecule has 1 rings (SSSR count). The van der Waals surface area contributed by atoms with E-state index in [0.29, 0.717) is 17.4 Å². The summed E-state index contributed by atoms with van der Waals surface area (Å²) in [5.41, 5.74) is 0.346. The normalized spacial score (nSPS) is 11.9. The summed E-state index contributed by atoms with van der Waals surface area (Å²) in [4.78, 5) is 15.5. The van der Waals surface area contributed by atoms with Gasteiger partial charge in [-0.15, -0.1) is 0 Å². The van der Waals surface area contributed by atoms with Crippen LogP contribution in [0.15, 0.2) is 42.3 Å². The molecule has 0 spiro atoms. The van der Waals surface area contributed by atoms with Crippen molar-refractivity contribution >= 4 is 5.91 Å². The Kier molecular flexibility index (Phi) is 6.50. The Bertz CT molecular complexity index is 505. The topological polar surface area (TPSA) is 51.2 Å². The lowest BCUT2D eigenvalue weighted by Crippen LogP contribution is -2.19. The van der Waals surface area contributed by atoms with Gasteiger partial charge in [0.15, 0.2) is 0 Å². The summed E-state index contributed by atoms with van der Waals surface area (Å²) < 4.78 is 5.77. The second-order valence-electron chi connectivity index (χ2n) is 4.69. The summed E-state index contributed by atoms with van der Waals surface area (Å²) in [6, 6.07) is 3.37. The number of carbonyl (C=O) groups excluding carboxylic acids is 1. The van der Waals surface area contributed by atoms with Gasteiger partial charge < -0.3 is 10.1 Å². The van der Waals surface area contributed by atoms with Gasteiger partial charge in [0, 0.05) is 25.7 Å². The molecule has 0 aliphatic carbocycles. The Morgan fingerprint density at radius 1 is 1.50 bits per heavy atom. The number of allylic oxidation sites excluding steroid dienone is 3. The number of hydrogen-bond donors (Lipinski definition) is 1. The van der Waals surface area contributed by atoms with Crippen LogP contribution in [0.5, 0.6) is 5.75 Å². The molecule has 0 unspecified atom stereocenters. The molecule has 0 fully saturated rings. The molecule has 1 aromatic rings. The molecule has 0 radical (unpaired) electrons. The molecule has 1 aromatic heterocycles. The van der Waals surface area contributed by atoms with E-state index in [1.165, 1.54) is 0 Å². The molecule has 1 amide bonds. The molecule has 0 bridgehead atoms. The number of rotatable bonds is 6. The summed E-state index contributed by atoms with van der Waals surface area (Å²) >= 11 is 0. The average Bonchev–Trinajstić information content (AvgIpc) is 2.45. The van der Waals surface area contributed by atoms with Crippen molar-refractivity contribution in [1.82, 2.24) is 10.3 Å². The van der Waals surface area contributed by atoms with Gasteiger partial charge in [0.05, 0.1) is 0 Å². The van der Waals surface area contributed by atoms with Crippen LogP contribution in [0.25, 0.3) is 0 Å². The summed E-state index contributed by atoms with van der Waals surface area (Å²) in [5.74, 6) is 1.76. The minimum absolute atomic E-state index is 0.225. The largest absolute Gasteiger partial charge is 0.462 e. The molecule has 0 aliphatic heterocycles. The lowest BCUT2D eigenvalue weighted by molar-refractivity contribution is 0.0958. The molecule has 20 heavy (non-hydrogen) atoms. The molecular weight excluding hydrogens is 252 g/mol. The van der Waals surface area contributed by atoms with Gasteiger partial charge in [0.1, 0.15) is 17.2 Å². The van der Waals surface area contributed by atoms with Gasteiger partial charge in [-0.3, -0.25) is 9.78 Å². The van der Waals surface area contributed by atoms with Gasteiger partial charge in [-0.1, -0.05) is 26.0 Å². The van der Waals surface area contributed by atoms with Crippen molar-refractivity contribution in [1.29, 1.82) is 0 Å². The van der Waals surface area contributed by atoms with E-state index in [-0.39, 0.29) is 5.91 Å². The fourth-order valence-corrected chi connectivity index (χ4v) is 1.55. The SMILES string of the molecule is C/C=C(\C/C=C\C(C)C)Oc1ccnc(C(=O)NC)c1. The van der Waals surface area contributed by atoms with Gasteiger partial charge in [-0.25, -0.2) is 0 Å². The molecule has 0 atom stereocenters. The van der Waals surface area contributed by atoms with Gasteiger partial charge in [0.25, 0.3) is 5.91 Å². The van der Waals surface area contributed by atoms with Crippen molar-refractivity contribution in [2.45, 2.75) is 27.2 Å². The van der Waals surface area contributed by atoms with Gasteiger partial charge in [-0.05, 0) is 25.0 Å². The predicted octanol–water partition coefficient (Wildman–Crippen LogP) is 3.33. The molecule has 4 heteroatoms. The van der Waals surface area contributed by atoms with E-state index in [9.17, 15) is 4.79 Å². The van der Waals surface area contributed by atoms with Crippen LogP contribution in [-0.4, -0.2) is 17.9 Å². The number of amides is 1. The van der Waals surface area contributed by atoms with Crippen LogP contribution in [0.4, 0.5) is 0 Å². The van der Waals surface area contributed by atoms with E-state index in [0.717, 1.165) is 12.2 Å². The zero-order valence-corrected chi connectivity index (χ0v) is 12.5. The van der Waals surface area contributed by atoms with Gasteiger partial charge >= 0.3 is 0 Å². The highest BCUT2D eigenvalue weighted by atomic mass is 16.5. The van der Waals surface area contributed by atoms with Crippen LogP contribution < -0.4 is 10.1 Å². The van der Waals surface area contributed by atoms with Gasteiger partial charge in [-0.2, -0.15) is 0 Å². The van der Waals surface area contributed by atoms with Crippen LogP contribution in [0.3, 0.4) is 0 Å². The molecule has 108 valence electrons. The molecule has 0 saturated heterocycles. The van der Waals surface area contributed by atoms with Crippen molar-refractivity contribution in [3.63, 3.8) is 0 Å². The van der Waals surface area contributed by atoms with Crippen LogP contribution >= 0.6 is 0 Å². The van der Waals surface area contributed by atoms with Crippen molar-refractivity contribution in [3.8, 4) is 5.75 Å². The maximum atomic E-state index is 11.5. The van der Waals surface area contributed by atoms with Crippen molar-refractivity contribution < 1.29 is 9.53 Å². The Hall–Kier alpha value is -2.10. The second kappa shape index (κ2) is 8.15. The Balaban J connectivity index is 2.73. The first-order chi connectivity index (χ1) is 9.56. The Morgan fingerprint density at radius 2 is 2.25 bits per heavy atom. The number of pyridine rings is 1. The molecule has 1 N–H and O–H groups in total. The summed E-state index contributed by atoms with van der Waals surface area (Å²) in [6.45, 7) is 6.19. The van der Waals surface area contributed by atoms with Crippen LogP contribution in [0, 0.1) is 5.92 Å². The summed E-state index contributed by atoms with van der Waals surface area (Å²) in [5, 5.41) is 2.54. The van der Waals surface area contributed by atoms with E-state index in [4.69, 9.17) is 4.74 Å². The molecule has 0 aliphatic rings. The third-order valence-electron chi connectivity index (χ3n) is 2.60. The molecule has 1 heterocycles. The number of aromatic nitrogens is 1. The number of hydrogen-bond acceptors (Lipinski definition) is 3. The Labute approximate surface area is 120 Å². The van der Waals surface area contributed by atoms with Crippen molar-refractivity contribution in [3.05, 3.63) is 48.0 Å². The van der Waals surface area contributed by atoms with Crippen LogP contribution in [0.1, 0.15) is 37.7 Å². The number of carbonyl (C=O) groups is 1. The maximum Gasteiger partial charge on any atom is 0.269 e. The average molecular weight is 274 g/mol. The maximum absolute atomic E-state index is 11.5. The monoisotopic (exact) mass is 274 g/mol. The smallest absolute Gasteiger partial charge is 0.269 e. The minimum atomic E-state index is -0.225. The first-order valence-corrected chi connectivity index (χ1v) is 6.74. The predicted molar refractivity (Wildman–Crippen MR) is 80.6 cm³/mol. The van der Waals surface area contributed by atoms with Crippen molar-refractivity contribution in [2.75, 3.05) is 7.05 Å². The quantitative estimate of drug-likeness (QED) is 0.639. The fourth-order valence-electron chi connectivity index (χ4n) is 1.55. The second-order valence-corrected chi connectivity index (χ2v) is 4.69. The molecule has 4 nitrogen and oxygen atoms in total. The fraction of sp³-hybridized carbons (Fsp3) is 0.375. The van der Waals surface area contributed by atoms with Gasteiger partial charge in [0.2, 0.25) is 0 Å². The highest BCUT2D eigenvalue weighted by Gasteiger charge is 2.07. The third kappa shape index (κ3) is 5.26. The molecule has 0 aromatic carbocycles. The lowest BCUT2D eigenvalue weighted by Gasteiger charge is -2.09. The van der Waals surface area contributed by atoms with E-state index >= 15 is 0 Å². The zero-order valence-electron chi connectivity index (χ0n) is 12.5. The van der Waals surface area contributed by atoms with Crippen molar-refractivity contribution in [2.24, 2.45) is 5.92 Å². The van der Waals surface area contributed by atoms with E-state index in [2.05, 4.69) is 36.3 Å². The van der Waals surface area contributed by atoms with E-state index in [1.807, 2.05) is 13.0 Å².